The third-order valence-electron chi connectivity index (χ3n) is 6.97. The van der Waals surface area contributed by atoms with Gasteiger partial charge in [0.15, 0.2) is 11.5 Å². The lowest BCUT2D eigenvalue weighted by atomic mass is 9.94. The van der Waals surface area contributed by atoms with Crippen LogP contribution in [-0.2, 0) is 22.7 Å². The molecule has 2 aliphatic heterocycles. The summed E-state index contributed by atoms with van der Waals surface area (Å²) in [5.41, 5.74) is 2.91. The van der Waals surface area contributed by atoms with Gasteiger partial charge in [0.2, 0.25) is 0 Å². The monoisotopic (exact) mass is 533 g/mol. The highest BCUT2D eigenvalue weighted by Gasteiger charge is 2.46. The fourth-order valence-electron chi connectivity index (χ4n) is 5.03. The average Bonchev–Trinajstić information content (AvgIpc) is 3.25. The number of carbonyl (C=O) groups excluding carboxylic acids is 2. The van der Waals surface area contributed by atoms with Gasteiger partial charge < -0.3 is 24.2 Å². The minimum absolute atomic E-state index is 0.0119. The van der Waals surface area contributed by atoms with Gasteiger partial charge in [0.25, 0.3) is 11.7 Å². The predicted octanol–water partition coefficient (Wildman–Crippen LogP) is 5.66. The van der Waals surface area contributed by atoms with Gasteiger partial charge in [-0.25, -0.2) is 0 Å². The number of carbonyl (C=O) groups is 2. The fraction of sp³-hybridized carbons (Fsp3) is 0.152. The molecular formula is C33H27NO6. The second kappa shape index (κ2) is 11.0. The first-order chi connectivity index (χ1) is 19.6. The molecule has 1 atom stereocenters. The van der Waals surface area contributed by atoms with E-state index in [1.165, 1.54) is 4.90 Å². The summed E-state index contributed by atoms with van der Waals surface area (Å²) in [4.78, 5) is 28.4. The lowest BCUT2D eigenvalue weighted by molar-refractivity contribution is -0.140. The molecule has 7 heteroatoms. The molecule has 4 aromatic carbocycles. The van der Waals surface area contributed by atoms with Crippen molar-refractivity contribution in [1.82, 2.24) is 4.90 Å². The van der Waals surface area contributed by atoms with Crippen LogP contribution in [0.15, 0.2) is 109 Å². The fourth-order valence-corrected chi connectivity index (χ4v) is 5.03. The van der Waals surface area contributed by atoms with Gasteiger partial charge in [-0.3, -0.25) is 9.59 Å². The molecule has 0 radical (unpaired) electrons. The smallest absolute Gasteiger partial charge is 0.295 e. The van der Waals surface area contributed by atoms with Crippen molar-refractivity contribution in [3.8, 4) is 17.2 Å². The minimum atomic E-state index is -0.825. The zero-order valence-corrected chi connectivity index (χ0v) is 21.7. The molecule has 7 nitrogen and oxygen atoms in total. The maximum absolute atomic E-state index is 13.5. The maximum atomic E-state index is 13.5. The Labute approximate surface area is 231 Å². The Morgan fingerprint density at radius 3 is 2.25 bits per heavy atom. The number of ketones is 1. The largest absolute Gasteiger partial charge is 0.507 e. The number of aliphatic hydroxyl groups excluding tert-OH is 1. The van der Waals surface area contributed by atoms with Crippen LogP contribution in [0.5, 0.6) is 17.2 Å². The van der Waals surface area contributed by atoms with Crippen LogP contribution in [0.3, 0.4) is 0 Å². The second-order valence-electron chi connectivity index (χ2n) is 9.62. The number of likely N-dealkylation sites (tertiary alicyclic amines) is 1. The second-order valence-corrected chi connectivity index (χ2v) is 9.62. The number of hydrogen-bond donors (Lipinski definition) is 1. The molecule has 0 bridgehead atoms. The van der Waals surface area contributed by atoms with Crippen molar-refractivity contribution in [3.63, 3.8) is 0 Å². The summed E-state index contributed by atoms with van der Waals surface area (Å²) in [6.45, 7) is 1.38. The van der Waals surface area contributed by atoms with Crippen molar-refractivity contribution in [2.75, 3.05) is 13.2 Å². The summed E-state index contributed by atoms with van der Waals surface area (Å²) in [6.07, 6.45) is 0. The Bertz CT molecular complexity index is 1580. The molecule has 1 fully saturated rings. The molecular weight excluding hydrogens is 506 g/mol. The summed E-state index contributed by atoms with van der Waals surface area (Å²) >= 11 is 0. The van der Waals surface area contributed by atoms with E-state index in [1.54, 1.807) is 18.2 Å². The van der Waals surface area contributed by atoms with Crippen LogP contribution in [0.1, 0.15) is 28.3 Å². The van der Waals surface area contributed by atoms with Gasteiger partial charge >= 0.3 is 0 Å². The van der Waals surface area contributed by atoms with Crippen LogP contribution < -0.4 is 14.2 Å². The molecule has 0 spiro atoms. The van der Waals surface area contributed by atoms with Gasteiger partial charge in [-0.1, -0.05) is 72.8 Å². The number of amides is 1. The van der Waals surface area contributed by atoms with Crippen LogP contribution >= 0.6 is 0 Å². The number of nitrogens with zero attached hydrogens (tertiary/aromatic N) is 1. The topological polar surface area (TPSA) is 85.3 Å². The number of ether oxygens (including phenoxy) is 3. The Morgan fingerprint density at radius 2 is 1.50 bits per heavy atom. The van der Waals surface area contributed by atoms with E-state index in [1.807, 2.05) is 84.9 Å². The van der Waals surface area contributed by atoms with E-state index < -0.39 is 17.7 Å². The van der Waals surface area contributed by atoms with E-state index in [-0.39, 0.29) is 17.9 Å². The van der Waals surface area contributed by atoms with E-state index in [0.717, 1.165) is 11.1 Å². The van der Waals surface area contributed by atoms with Crippen LogP contribution in [-0.4, -0.2) is 34.9 Å². The quantitative estimate of drug-likeness (QED) is 0.188. The molecule has 1 N–H and O–H groups in total. The molecule has 0 aromatic heterocycles. The first kappa shape index (κ1) is 25.2. The summed E-state index contributed by atoms with van der Waals surface area (Å²) in [5.74, 6) is -0.0706. The molecule has 6 rings (SSSR count). The number of rotatable bonds is 7. The summed E-state index contributed by atoms with van der Waals surface area (Å²) in [7, 11) is 0. The Morgan fingerprint density at radius 1 is 0.800 bits per heavy atom. The number of aliphatic hydroxyl groups is 1. The normalized spacial score (nSPS) is 17.6. The van der Waals surface area contributed by atoms with E-state index in [4.69, 9.17) is 14.2 Å². The van der Waals surface area contributed by atoms with E-state index in [9.17, 15) is 14.7 Å². The first-order valence-electron chi connectivity index (χ1n) is 13.1. The highest BCUT2D eigenvalue weighted by atomic mass is 16.6. The first-order valence-corrected chi connectivity index (χ1v) is 13.1. The van der Waals surface area contributed by atoms with Crippen molar-refractivity contribution in [2.24, 2.45) is 0 Å². The SMILES string of the molecule is O=C1C(=O)N(Cc2ccccc2)C(c2cccc(OCc3ccccc3)c2)C1=C(O)c1ccc2c(c1)OCCO2. The molecule has 2 aliphatic rings. The summed E-state index contributed by atoms with van der Waals surface area (Å²) in [6, 6.07) is 30.7. The molecule has 4 aromatic rings. The van der Waals surface area contributed by atoms with E-state index in [2.05, 4.69) is 0 Å². The van der Waals surface area contributed by atoms with Crippen LogP contribution in [0.4, 0.5) is 0 Å². The van der Waals surface area contributed by atoms with Gasteiger partial charge in [-0.05, 0) is 47.0 Å². The Balaban J connectivity index is 1.41. The average molecular weight is 534 g/mol. The molecule has 40 heavy (non-hydrogen) atoms. The molecule has 1 amide bonds. The zero-order valence-electron chi connectivity index (χ0n) is 21.7. The van der Waals surface area contributed by atoms with Gasteiger partial charge in [0.1, 0.15) is 31.3 Å². The van der Waals surface area contributed by atoms with E-state index >= 15 is 0 Å². The van der Waals surface area contributed by atoms with Crippen LogP contribution in [0, 0.1) is 0 Å². The molecule has 1 saturated heterocycles. The highest BCUT2D eigenvalue weighted by molar-refractivity contribution is 6.46. The van der Waals surface area contributed by atoms with Gasteiger partial charge in [0.05, 0.1) is 11.6 Å². The molecule has 0 aliphatic carbocycles. The Hall–Kier alpha value is -5.04. The lowest BCUT2D eigenvalue weighted by Crippen LogP contribution is -2.29. The summed E-state index contributed by atoms with van der Waals surface area (Å²) < 4.78 is 17.3. The predicted molar refractivity (Wildman–Crippen MR) is 149 cm³/mol. The number of benzene rings is 4. The molecule has 1 unspecified atom stereocenters. The van der Waals surface area contributed by atoms with Crippen LogP contribution in [0.2, 0.25) is 0 Å². The lowest BCUT2D eigenvalue weighted by Gasteiger charge is -2.26. The third-order valence-corrected chi connectivity index (χ3v) is 6.97. The third kappa shape index (κ3) is 5.01. The van der Waals surface area contributed by atoms with Crippen molar-refractivity contribution in [2.45, 2.75) is 19.2 Å². The summed E-state index contributed by atoms with van der Waals surface area (Å²) in [5, 5.41) is 11.5. The minimum Gasteiger partial charge on any atom is -0.507 e. The maximum Gasteiger partial charge on any atom is 0.295 e. The van der Waals surface area contributed by atoms with E-state index in [0.29, 0.717) is 48.2 Å². The van der Waals surface area contributed by atoms with Crippen molar-refractivity contribution in [3.05, 3.63) is 131 Å². The number of hydrogen-bond acceptors (Lipinski definition) is 6. The zero-order chi connectivity index (χ0) is 27.5. The number of fused-ring (bicyclic) bond motifs is 1. The molecule has 200 valence electrons. The van der Waals surface area contributed by atoms with Gasteiger partial charge in [-0.2, -0.15) is 0 Å². The van der Waals surface area contributed by atoms with Crippen LogP contribution in [0.25, 0.3) is 5.76 Å². The Kier molecular flexibility index (Phi) is 6.93. The molecule has 2 heterocycles. The van der Waals surface area contributed by atoms with Crippen molar-refractivity contribution >= 4 is 17.4 Å². The van der Waals surface area contributed by atoms with Gasteiger partial charge in [-0.15, -0.1) is 0 Å². The van der Waals surface area contributed by atoms with Crippen molar-refractivity contribution in [1.29, 1.82) is 0 Å². The number of Topliss-reactive ketones (excluding diaryl/α,β-unsaturated/α-hetero) is 1. The van der Waals surface area contributed by atoms with Crippen molar-refractivity contribution < 1.29 is 28.9 Å². The molecule has 0 saturated carbocycles. The highest BCUT2D eigenvalue weighted by Crippen LogP contribution is 2.42. The van der Waals surface area contributed by atoms with Gasteiger partial charge in [0, 0.05) is 12.1 Å². The standard InChI is InChI=1S/C33H27NO6/c35-31(25-14-15-27-28(19-25)39-17-16-38-27)29-30(34(33(37)32(29)36)20-22-8-3-1-4-9-22)24-12-7-13-26(18-24)40-21-23-10-5-2-6-11-23/h1-15,18-19,30,35H,16-17,20-21H2.